The number of rotatable bonds is 8. The summed E-state index contributed by atoms with van der Waals surface area (Å²) in [5.41, 5.74) is 18.9. The third kappa shape index (κ3) is 4.86. The molecular formula is C34H36N6O2. The zero-order chi connectivity index (χ0) is 30.0. The van der Waals surface area contributed by atoms with Gasteiger partial charge in [0.15, 0.2) is 0 Å². The van der Waals surface area contributed by atoms with Gasteiger partial charge in [0, 0.05) is 60.8 Å². The second kappa shape index (κ2) is 11.8. The van der Waals surface area contributed by atoms with Crippen LogP contribution in [0.5, 0.6) is 11.5 Å². The standard InChI is InChI=1S/C34H36N6O2/c1-5-39(6-2)23-13-15-25-29(17-23)41-33(37)27(19-35)31(25)21-9-11-22(12-10-21)32-26-16-14-24(40(7-3)8-4)18-30(26)42-34(38)28(32)20-36/h9-18,31-32H,5-8,37-38H2,1-4H3. The number of fused-ring (bicyclic) bond motifs is 2. The second-order valence-corrected chi connectivity index (χ2v) is 10.3. The first-order valence-electron chi connectivity index (χ1n) is 14.4. The van der Waals surface area contributed by atoms with Crippen molar-refractivity contribution in [2.45, 2.75) is 39.5 Å². The number of hydrogen-bond donors (Lipinski definition) is 2. The van der Waals surface area contributed by atoms with Crippen molar-refractivity contribution >= 4 is 11.4 Å². The molecule has 3 aromatic rings. The molecule has 0 saturated heterocycles. The Morgan fingerprint density at radius 3 is 1.29 bits per heavy atom. The molecule has 0 fully saturated rings. The van der Waals surface area contributed by atoms with Gasteiger partial charge in [0.05, 0.1) is 11.8 Å². The van der Waals surface area contributed by atoms with Crippen molar-refractivity contribution in [1.29, 1.82) is 10.5 Å². The van der Waals surface area contributed by atoms with E-state index in [1.807, 2.05) is 48.5 Å². The monoisotopic (exact) mass is 560 g/mol. The van der Waals surface area contributed by atoms with E-state index in [4.69, 9.17) is 20.9 Å². The van der Waals surface area contributed by atoms with E-state index in [0.29, 0.717) is 22.6 Å². The van der Waals surface area contributed by atoms with Crippen LogP contribution in [-0.4, -0.2) is 26.2 Å². The topological polar surface area (TPSA) is 125 Å². The number of nitriles is 2. The molecule has 8 heteroatoms. The summed E-state index contributed by atoms with van der Waals surface area (Å²) in [6.07, 6.45) is 0. The summed E-state index contributed by atoms with van der Waals surface area (Å²) in [6.45, 7) is 11.9. The first kappa shape index (κ1) is 28.4. The fourth-order valence-corrected chi connectivity index (χ4v) is 6.03. The van der Waals surface area contributed by atoms with Crippen LogP contribution < -0.4 is 30.7 Å². The summed E-state index contributed by atoms with van der Waals surface area (Å²) >= 11 is 0. The summed E-state index contributed by atoms with van der Waals surface area (Å²) in [4.78, 5) is 4.46. The average Bonchev–Trinajstić information content (AvgIpc) is 3.01. The van der Waals surface area contributed by atoms with E-state index in [1.54, 1.807) is 0 Å². The Morgan fingerprint density at radius 2 is 0.976 bits per heavy atom. The molecule has 42 heavy (non-hydrogen) atoms. The van der Waals surface area contributed by atoms with Crippen molar-refractivity contribution < 1.29 is 9.47 Å². The van der Waals surface area contributed by atoms with Gasteiger partial charge in [-0.15, -0.1) is 0 Å². The lowest BCUT2D eigenvalue weighted by atomic mass is 9.80. The largest absolute Gasteiger partial charge is 0.440 e. The summed E-state index contributed by atoms with van der Waals surface area (Å²) in [7, 11) is 0. The fraction of sp³-hybridized carbons (Fsp3) is 0.294. The second-order valence-electron chi connectivity index (χ2n) is 10.3. The van der Waals surface area contributed by atoms with E-state index in [0.717, 1.165) is 59.8 Å². The molecule has 0 aromatic heterocycles. The summed E-state index contributed by atoms with van der Waals surface area (Å²) < 4.78 is 11.9. The Labute approximate surface area is 247 Å². The van der Waals surface area contributed by atoms with Crippen LogP contribution in [0.2, 0.25) is 0 Å². The lowest BCUT2D eigenvalue weighted by Gasteiger charge is -2.30. The zero-order valence-electron chi connectivity index (χ0n) is 24.5. The van der Waals surface area contributed by atoms with E-state index >= 15 is 0 Å². The molecule has 2 aliphatic heterocycles. The first-order chi connectivity index (χ1) is 20.4. The summed E-state index contributed by atoms with van der Waals surface area (Å²) in [6, 6.07) is 24.6. The van der Waals surface area contributed by atoms with Gasteiger partial charge in [-0.2, -0.15) is 10.5 Å². The molecule has 0 radical (unpaired) electrons. The van der Waals surface area contributed by atoms with Crippen molar-refractivity contribution in [1.82, 2.24) is 0 Å². The van der Waals surface area contributed by atoms with Gasteiger partial charge in [0.1, 0.15) is 34.8 Å². The number of hydrogen-bond acceptors (Lipinski definition) is 8. The van der Waals surface area contributed by atoms with Crippen molar-refractivity contribution in [3.05, 3.63) is 106 Å². The van der Waals surface area contributed by atoms with Gasteiger partial charge in [0.2, 0.25) is 11.8 Å². The van der Waals surface area contributed by atoms with E-state index in [2.05, 4.69) is 61.8 Å². The molecule has 2 heterocycles. The Balaban J connectivity index is 1.55. The zero-order valence-corrected chi connectivity index (χ0v) is 24.5. The molecular weight excluding hydrogens is 524 g/mol. The minimum atomic E-state index is -0.381. The third-order valence-corrected chi connectivity index (χ3v) is 8.27. The van der Waals surface area contributed by atoms with Gasteiger partial charge in [-0.05, 0) is 51.0 Å². The quantitative estimate of drug-likeness (QED) is 0.353. The molecule has 0 bridgehead atoms. The molecule has 214 valence electrons. The molecule has 2 unspecified atom stereocenters. The van der Waals surface area contributed by atoms with Crippen LogP contribution in [0.4, 0.5) is 11.4 Å². The van der Waals surface area contributed by atoms with E-state index < -0.39 is 0 Å². The van der Waals surface area contributed by atoms with E-state index in [-0.39, 0.29) is 23.6 Å². The Bertz CT molecular complexity index is 1510. The first-order valence-corrected chi connectivity index (χ1v) is 14.4. The summed E-state index contributed by atoms with van der Waals surface area (Å²) in [5.74, 6) is 0.757. The van der Waals surface area contributed by atoms with E-state index in [9.17, 15) is 10.5 Å². The maximum atomic E-state index is 10.0. The van der Waals surface area contributed by atoms with Crippen molar-refractivity contribution in [3.63, 3.8) is 0 Å². The van der Waals surface area contributed by atoms with Crippen LogP contribution in [0.1, 0.15) is 61.8 Å². The van der Waals surface area contributed by atoms with Crippen LogP contribution >= 0.6 is 0 Å². The third-order valence-electron chi connectivity index (χ3n) is 8.27. The highest BCUT2D eigenvalue weighted by Crippen LogP contribution is 2.46. The smallest absolute Gasteiger partial charge is 0.205 e. The van der Waals surface area contributed by atoms with Crippen LogP contribution in [0.3, 0.4) is 0 Å². The van der Waals surface area contributed by atoms with Crippen LogP contribution in [0.25, 0.3) is 0 Å². The SMILES string of the molecule is CCN(CC)c1ccc2c(c1)OC(N)=C(C#N)C2c1ccc(C2C(C#N)=C(N)Oc3cc(N(CC)CC)ccc32)cc1. The molecule has 5 rings (SSSR count). The highest BCUT2D eigenvalue weighted by atomic mass is 16.5. The molecule has 0 amide bonds. The van der Waals surface area contributed by atoms with Gasteiger partial charge >= 0.3 is 0 Å². The summed E-state index contributed by atoms with van der Waals surface area (Å²) in [5, 5.41) is 20.1. The molecule has 0 aliphatic carbocycles. The molecule has 0 saturated carbocycles. The highest BCUT2D eigenvalue weighted by Gasteiger charge is 2.33. The molecule has 3 aromatic carbocycles. The van der Waals surface area contributed by atoms with Gasteiger partial charge in [-0.25, -0.2) is 0 Å². The van der Waals surface area contributed by atoms with Gasteiger partial charge in [0.25, 0.3) is 0 Å². The van der Waals surface area contributed by atoms with Crippen LogP contribution in [-0.2, 0) is 0 Å². The molecule has 4 N–H and O–H groups in total. The minimum Gasteiger partial charge on any atom is -0.440 e. The number of allylic oxidation sites excluding steroid dienone is 2. The predicted molar refractivity (Wildman–Crippen MR) is 165 cm³/mol. The molecule has 8 nitrogen and oxygen atoms in total. The van der Waals surface area contributed by atoms with Crippen molar-refractivity contribution in [3.8, 4) is 23.6 Å². The number of benzene rings is 3. The van der Waals surface area contributed by atoms with E-state index in [1.165, 1.54) is 0 Å². The number of nitrogens with zero attached hydrogens (tertiary/aromatic N) is 4. The Morgan fingerprint density at radius 1 is 0.619 bits per heavy atom. The average molecular weight is 561 g/mol. The highest BCUT2D eigenvalue weighted by molar-refractivity contribution is 5.64. The maximum absolute atomic E-state index is 10.0. The molecule has 0 spiro atoms. The van der Waals surface area contributed by atoms with Gasteiger partial charge in [-0.3, -0.25) is 0 Å². The maximum Gasteiger partial charge on any atom is 0.205 e. The Kier molecular flexibility index (Phi) is 7.99. The number of nitrogens with two attached hydrogens (primary N) is 2. The lowest BCUT2D eigenvalue weighted by molar-refractivity contribution is 0.393. The Hall–Kier alpha value is -5.08. The molecule has 2 aliphatic rings. The van der Waals surface area contributed by atoms with Crippen molar-refractivity contribution in [2.24, 2.45) is 11.5 Å². The van der Waals surface area contributed by atoms with Crippen molar-refractivity contribution in [2.75, 3.05) is 36.0 Å². The number of ether oxygens (including phenoxy) is 2. The van der Waals surface area contributed by atoms with Crippen LogP contribution in [0, 0.1) is 22.7 Å². The minimum absolute atomic E-state index is 0.112. The van der Waals surface area contributed by atoms with Crippen LogP contribution in [0.15, 0.2) is 83.6 Å². The van der Waals surface area contributed by atoms with Gasteiger partial charge < -0.3 is 30.7 Å². The van der Waals surface area contributed by atoms with Gasteiger partial charge in [-0.1, -0.05) is 36.4 Å². The fourth-order valence-electron chi connectivity index (χ4n) is 6.03. The molecule has 2 atom stereocenters. The number of anilines is 2. The predicted octanol–water partition coefficient (Wildman–Crippen LogP) is 5.82. The lowest BCUT2D eigenvalue weighted by Crippen LogP contribution is -2.24. The normalized spacial score (nSPS) is 17.3.